The number of rotatable bonds is 6. The Morgan fingerprint density at radius 2 is 0.967 bits per heavy atom. The molecule has 0 aromatic heterocycles. The molecule has 0 fully saturated rings. The minimum Gasteiger partial charge on any atom is -0.369 e. The maximum atomic E-state index is 12.2. The van der Waals surface area contributed by atoms with Gasteiger partial charge in [0, 0.05) is 11.4 Å². The highest BCUT2D eigenvalue weighted by molar-refractivity contribution is 6.02. The topological polar surface area (TPSA) is 195 Å². The van der Waals surface area contributed by atoms with Gasteiger partial charge in [-0.1, -0.05) is 24.3 Å². The SMILES string of the molecule is CC(=NN=C(N)N)c1ccc(NC(=O)Nc2ccc(/C(C)=N\N=C(N)N)cc2)cc1. The van der Waals surface area contributed by atoms with Gasteiger partial charge in [0.1, 0.15) is 0 Å². The first-order chi connectivity index (χ1) is 14.2. The molecule has 2 rings (SSSR count). The summed E-state index contributed by atoms with van der Waals surface area (Å²) < 4.78 is 0. The fourth-order valence-corrected chi connectivity index (χ4v) is 2.26. The van der Waals surface area contributed by atoms with Crippen LogP contribution in [0, 0.1) is 0 Å². The number of anilines is 2. The van der Waals surface area contributed by atoms with Crippen molar-refractivity contribution in [3.8, 4) is 0 Å². The largest absolute Gasteiger partial charge is 0.369 e. The molecule has 0 spiro atoms. The first-order valence-corrected chi connectivity index (χ1v) is 8.80. The second-order valence-corrected chi connectivity index (χ2v) is 6.15. The van der Waals surface area contributed by atoms with Crippen molar-refractivity contribution in [3.63, 3.8) is 0 Å². The Hall–Kier alpha value is -4.41. The first kappa shape index (κ1) is 21.9. The van der Waals surface area contributed by atoms with Crippen LogP contribution in [0.2, 0.25) is 0 Å². The van der Waals surface area contributed by atoms with E-state index in [1.54, 1.807) is 62.4 Å². The maximum Gasteiger partial charge on any atom is 0.323 e. The molecule has 2 aromatic rings. The molecule has 0 atom stereocenters. The average molecular weight is 408 g/mol. The lowest BCUT2D eigenvalue weighted by Gasteiger charge is -2.09. The van der Waals surface area contributed by atoms with Gasteiger partial charge in [-0.3, -0.25) is 0 Å². The van der Waals surface area contributed by atoms with Crippen molar-refractivity contribution in [3.05, 3.63) is 59.7 Å². The molecule has 0 radical (unpaired) electrons. The number of nitrogens with zero attached hydrogens (tertiary/aromatic N) is 4. The number of amides is 2. The number of benzene rings is 2. The number of hydrogen-bond acceptors (Lipinski definition) is 5. The molecule has 11 nitrogen and oxygen atoms in total. The number of nitrogens with one attached hydrogen (secondary N) is 2. The monoisotopic (exact) mass is 408 g/mol. The molecule has 156 valence electrons. The third kappa shape index (κ3) is 6.96. The Morgan fingerprint density at radius 1 is 0.633 bits per heavy atom. The van der Waals surface area contributed by atoms with Crippen LogP contribution < -0.4 is 33.6 Å². The number of carbonyl (C=O) groups excluding carboxylic acids is 1. The van der Waals surface area contributed by atoms with Gasteiger partial charge in [-0.25, -0.2) is 4.79 Å². The third-order valence-corrected chi connectivity index (χ3v) is 3.75. The van der Waals surface area contributed by atoms with Crippen LogP contribution in [0.5, 0.6) is 0 Å². The van der Waals surface area contributed by atoms with Gasteiger partial charge in [-0.2, -0.15) is 10.2 Å². The first-order valence-electron chi connectivity index (χ1n) is 8.80. The molecular formula is C19H24N10O. The second kappa shape index (κ2) is 10.2. The van der Waals surface area contributed by atoms with Crippen LogP contribution in [0.3, 0.4) is 0 Å². The molecule has 0 aliphatic heterocycles. The van der Waals surface area contributed by atoms with Crippen LogP contribution in [0.4, 0.5) is 16.2 Å². The molecule has 10 N–H and O–H groups in total. The summed E-state index contributed by atoms with van der Waals surface area (Å²) in [4.78, 5) is 12.2. The van der Waals surface area contributed by atoms with Crippen LogP contribution in [0.25, 0.3) is 0 Å². The highest BCUT2D eigenvalue weighted by Crippen LogP contribution is 2.14. The van der Waals surface area contributed by atoms with E-state index in [-0.39, 0.29) is 18.0 Å². The summed E-state index contributed by atoms with van der Waals surface area (Å²) in [6, 6.07) is 13.8. The number of hydrogen-bond donors (Lipinski definition) is 6. The van der Waals surface area contributed by atoms with E-state index in [9.17, 15) is 4.79 Å². The summed E-state index contributed by atoms with van der Waals surface area (Å²) in [7, 11) is 0. The molecular weight excluding hydrogens is 384 g/mol. The number of carbonyl (C=O) groups is 1. The van der Waals surface area contributed by atoms with Crippen LogP contribution in [-0.2, 0) is 0 Å². The molecule has 0 saturated carbocycles. The molecule has 0 saturated heterocycles. The van der Waals surface area contributed by atoms with E-state index in [0.29, 0.717) is 22.8 Å². The van der Waals surface area contributed by atoms with Gasteiger partial charge in [0.05, 0.1) is 11.4 Å². The highest BCUT2D eigenvalue weighted by atomic mass is 16.2. The standard InChI is InChI=1S/C19H24N10O/c1-11(26-28-17(20)21)13-3-7-15(8-4-13)24-19(30)25-16-9-5-14(6-10-16)12(2)27-29-18(22)23/h3-10H,1-2H3,(H4,20,21,28)(H4,22,23,29)(H2,24,25,30)/b26-11-,27-12?. The van der Waals surface area contributed by atoms with E-state index in [0.717, 1.165) is 11.1 Å². The van der Waals surface area contributed by atoms with Gasteiger partial charge in [0.2, 0.25) is 11.9 Å². The molecule has 0 aliphatic carbocycles. The fraction of sp³-hybridized carbons (Fsp3) is 0.105. The number of guanidine groups is 2. The van der Waals surface area contributed by atoms with Crippen molar-refractivity contribution >= 4 is 40.7 Å². The average Bonchev–Trinajstić information content (AvgIpc) is 2.71. The Balaban J connectivity index is 1.97. The molecule has 30 heavy (non-hydrogen) atoms. The summed E-state index contributed by atoms with van der Waals surface area (Å²) in [5.74, 6) is -0.234. The van der Waals surface area contributed by atoms with Gasteiger partial charge < -0.3 is 33.6 Å². The normalized spacial score (nSPS) is 11.4. The van der Waals surface area contributed by atoms with Crippen LogP contribution >= 0.6 is 0 Å². The summed E-state index contributed by atoms with van der Waals surface area (Å²) in [5.41, 5.74) is 25.2. The van der Waals surface area contributed by atoms with Crippen molar-refractivity contribution in [2.75, 3.05) is 10.6 Å². The molecule has 0 aliphatic rings. The lowest BCUT2D eigenvalue weighted by Crippen LogP contribution is -2.22. The van der Waals surface area contributed by atoms with E-state index in [1.807, 2.05) is 0 Å². The van der Waals surface area contributed by atoms with E-state index in [4.69, 9.17) is 22.9 Å². The van der Waals surface area contributed by atoms with Gasteiger partial charge in [-0.05, 0) is 49.2 Å². The summed E-state index contributed by atoms with van der Waals surface area (Å²) in [6.07, 6.45) is 0. The van der Waals surface area contributed by atoms with Gasteiger partial charge in [-0.15, -0.1) is 10.2 Å². The molecule has 2 amide bonds. The van der Waals surface area contributed by atoms with Crippen molar-refractivity contribution in [1.82, 2.24) is 0 Å². The predicted molar refractivity (Wildman–Crippen MR) is 122 cm³/mol. The molecule has 0 unspecified atom stereocenters. The Bertz CT molecular complexity index is 915. The zero-order valence-electron chi connectivity index (χ0n) is 16.6. The van der Waals surface area contributed by atoms with E-state index in [1.165, 1.54) is 0 Å². The second-order valence-electron chi connectivity index (χ2n) is 6.15. The zero-order chi connectivity index (χ0) is 22.1. The number of urea groups is 1. The molecule has 2 aromatic carbocycles. The Kier molecular flexibility index (Phi) is 7.46. The third-order valence-electron chi connectivity index (χ3n) is 3.75. The Morgan fingerprint density at radius 3 is 1.27 bits per heavy atom. The van der Waals surface area contributed by atoms with Gasteiger partial charge >= 0.3 is 6.03 Å². The lowest BCUT2D eigenvalue weighted by molar-refractivity contribution is 0.262. The lowest BCUT2D eigenvalue weighted by atomic mass is 10.1. The smallest absolute Gasteiger partial charge is 0.323 e. The number of nitrogens with two attached hydrogens (primary N) is 4. The summed E-state index contributed by atoms with van der Waals surface area (Å²) in [6.45, 7) is 3.55. The fourth-order valence-electron chi connectivity index (χ4n) is 2.26. The van der Waals surface area contributed by atoms with Crippen LogP contribution in [-0.4, -0.2) is 29.4 Å². The van der Waals surface area contributed by atoms with Gasteiger partial charge in [0.15, 0.2) is 0 Å². The zero-order valence-corrected chi connectivity index (χ0v) is 16.6. The van der Waals surface area contributed by atoms with Gasteiger partial charge in [0.25, 0.3) is 0 Å². The van der Waals surface area contributed by atoms with E-state index < -0.39 is 0 Å². The van der Waals surface area contributed by atoms with Crippen molar-refractivity contribution in [2.24, 2.45) is 43.3 Å². The summed E-state index contributed by atoms with van der Waals surface area (Å²) in [5, 5.41) is 20.5. The molecule has 0 bridgehead atoms. The van der Waals surface area contributed by atoms with E-state index >= 15 is 0 Å². The van der Waals surface area contributed by atoms with Crippen molar-refractivity contribution in [1.29, 1.82) is 0 Å². The Labute approximate surface area is 173 Å². The van der Waals surface area contributed by atoms with Crippen LogP contribution in [0.15, 0.2) is 68.9 Å². The molecule has 0 heterocycles. The summed E-state index contributed by atoms with van der Waals surface area (Å²) >= 11 is 0. The molecule has 11 heteroatoms. The van der Waals surface area contributed by atoms with Crippen molar-refractivity contribution < 1.29 is 4.79 Å². The minimum absolute atomic E-state index is 0.117. The van der Waals surface area contributed by atoms with Crippen LogP contribution in [0.1, 0.15) is 25.0 Å². The predicted octanol–water partition coefficient (Wildman–Crippen LogP) is 1.33. The van der Waals surface area contributed by atoms with Crippen molar-refractivity contribution in [2.45, 2.75) is 13.8 Å². The highest BCUT2D eigenvalue weighted by Gasteiger charge is 2.05. The quantitative estimate of drug-likeness (QED) is 0.238. The minimum atomic E-state index is -0.382. The van der Waals surface area contributed by atoms with E-state index in [2.05, 4.69) is 31.0 Å². The maximum absolute atomic E-state index is 12.2.